The van der Waals surface area contributed by atoms with Crippen molar-refractivity contribution in [1.29, 1.82) is 0 Å². The van der Waals surface area contributed by atoms with Crippen molar-refractivity contribution in [3.63, 3.8) is 0 Å². The van der Waals surface area contributed by atoms with Crippen molar-refractivity contribution in [2.24, 2.45) is 7.05 Å². The van der Waals surface area contributed by atoms with E-state index in [1.165, 1.54) is 16.4 Å². The Morgan fingerprint density at radius 1 is 1.37 bits per heavy atom. The van der Waals surface area contributed by atoms with Gasteiger partial charge in [0.1, 0.15) is 11.4 Å². The molecule has 0 aliphatic heterocycles. The van der Waals surface area contributed by atoms with Crippen LogP contribution in [-0.2, 0) is 7.05 Å². The Morgan fingerprint density at radius 3 is 2.58 bits per heavy atom. The Balaban J connectivity index is 2.36. The Labute approximate surface area is 112 Å². The number of aromatic nitrogens is 2. The third-order valence-electron chi connectivity index (χ3n) is 3.23. The number of nitrogens with zero attached hydrogens (tertiary/aromatic N) is 3. The van der Waals surface area contributed by atoms with Crippen molar-refractivity contribution in [3.8, 4) is 0 Å². The van der Waals surface area contributed by atoms with Crippen LogP contribution < -0.4 is 10.6 Å². The molecule has 19 heavy (non-hydrogen) atoms. The lowest BCUT2D eigenvalue weighted by molar-refractivity contribution is 0.0993. The van der Waals surface area contributed by atoms with Gasteiger partial charge in [0.25, 0.3) is 5.91 Å². The zero-order valence-corrected chi connectivity index (χ0v) is 11.6. The van der Waals surface area contributed by atoms with Crippen molar-refractivity contribution in [2.45, 2.75) is 13.8 Å². The first-order valence-corrected chi connectivity index (χ1v) is 6.04. The molecule has 0 fully saturated rings. The molecule has 0 bridgehead atoms. The summed E-state index contributed by atoms with van der Waals surface area (Å²) in [5.74, 6) is 0.221. The van der Waals surface area contributed by atoms with E-state index >= 15 is 0 Å². The minimum absolute atomic E-state index is 0.155. The van der Waals surface area contributed by atoms with E-state index in [0.29, 0.717) is 11.4 Å². The van der Waals surface area contributed by atoms with Crippen LogP contribution in [0.15, 0.2) is 24.4 Å². The molecule has 1 aromatic heterocycles. The molecule has 2 N–H and O–H groups in total. The normalized spacial score (nSPS) is 10.5. The second kappa shape index (κ2) is 4.76. The fraction of sp³-hybridized carbons (Fsp3) is 0.286. The molecule has 1 aromatic carbocycles. The summed E-state index contributed by atoms with van der Waals surface area (Å²) in [6.07, 6.45) is 1.50. The lowest BCUT2D eigenvalue weighted by Gasteiger charge is -2.19. The summed E-state index contributed by atoms with van der Waals surface area (Å²) in [5, 5.41) is 3.99. The Hall–Kier alpha value is -2.30. The highest BCUT2D eigenvalue weighted by molar-refractivity contribution is 6.08. The number of nitrogen functional groups attached to an aromatic ring is 1. The molecule has 1 heterocycles. The van der Waals surface area contributed by atoms with Gasteiger partial charge in [0.05, 0.1) is 6.20 Å². The molecule has 0 unspecified atom stereocenters. The van der Waals surface area contributed by atoms with Crippen molar-refractivity contribution >= 4 is 17.4 Å². The summed E-state index contributed by atoms with van der Waals surface area (Å²) >= 11 is 0. The van der Waals surface area contributed by atoms with E-state index in [4.69, 9.17) is 5.73 Å². The van der Waals surface area contributed by atoms with Gasteiger partial charge in [0.2, 0.25) is 0 Å². The number of nitrogens with two attached hydrogens (primary N) is 1. The summed E-state index contributed by atoms with van der Waals surface area (Å²) in [7, 11) is 3.45. The predicted octanol–water partition coefficient (Wildman–Crippen LogP) is 1.90. The van der Waals surface area contributed by atoms with Crippen molar-refractivity contribution in [1.82, 2.24) is 9.78 Å². The second-order valence-corrected chi connectivity index (χ2v) is 4.72. The van der Waals surface area contributed by atoms with Gasteiger partial charge in [-0.1, -0.05) is 17.7 Å². The van der Waals surface area contributed by atoms with Crippen LogP contribution in [-0.4, -0.2) is 22.7 Å². The molecule has 0 saturated carbocycles. The van der Waals surface area contributed by atoms with Crippen molar-refractivity contribution < 1.29 is 4.79 Å². The molecule has 0 aliphatic carbocycles. The number of carbonyl (C=O) groups is 1. The second-order valence-electron chi connectivity index (χ2n) is 4.72. The van der Waals surface area contributed by atoms with E-state index in [9.17, 15) is 4.79 Å². The summed E-state index contributed by atoms with van der Waals surface area (Å²) < 4.78 is 1.49. The molecular weight excluding hydrogens is 240 g/mol. The van der Waals surface area contributed by atoms with Gasteiger partial charge in [-0.2, -0.15) is 5.10 Å². The summed E-state index contributed by atoms with van der Waals surface area (Å²) in [6, 6.07) is 5.97. The molecule has 5 heteroatoms. The fourth-order valence-electron chi connectivity index (χ4n) is 2.08. The summed E-state index contributed by atoms with van der Waals surface area (Å²) in [5.41, 5.74) is 9.35. The van der Waals surface area contributed by atoms with Gasteiger partial charge in [-0.05, 0) is 25.5 Å². The van der Waals surface area contributed by atoms with E-state index in [0.717, 1.165) is 11.3 Å². The van der Waals surface area contributed by atoms with E-state index in [1.807, 2.05) is 32.0 Å². The van der Waals surface area contributed by atoms with Gasteiger partial charge in [-0.3, -0.25) is 9.48 Å². The molecule has 2 aromatic rings. The quantitative estimate of drug-likeness (QED) is 0.894. The van der Waals surface area contributed by atoms with Gasteiger partial charge in [0.15, 0.2) is 0 Å². The van der Waals surface area contributed by atoms with Gasteiger partial charge in [0, 0.05) is 19.8 Å². The largest absolute Gasteiger partial charge is 0.383 e. The van der Waals surface area contributed by atoms with Crippen LogP contribution in [0.1, 0.15) is 21.5 Å². The lowest BCUT2D eigenvalue weighted by atomic mass is 10.1. The van der Waals surface area contributed by atoms with Gasteiger partial charge < -0.3 is 10.6 Å². The van der Waals surface area contributed by atoms with Crippen molar-refractivity contribution in [3.05, 3.63) is 41.1 Å². The third kappa shape index (κ3) is 2.31. The smallest absolute Gasteiger partial charge is 0.263 e. The Morgan fingerprint density at radius 2 is 2.05 bits per heavy atom. The number of hydrogen-bond donors (Lipinski definition) is 1. The highest BCUT2D eigenvalue weighted by Crippen LogP contribution is 2.23. The molecule has 0 radical (unpaired) electrons. The van der Waals surface area contributed by atoms with E-state index < -0.39 is 0 Å². The monoisotopic (exact) mass is 258 g/mol. The van der Waals surface area contributed by atoms with Gasteiger partial charge in [-0.25, -0.2) is 0 Å². The number of amides is 1. The highest BCUT2D eigenvalue weighted by Gasteiger charge is 2.19. The number of benzene rings is 1. The molecule has 100 valence electrons. The number of carbonyl (C=O) groups excluding carboxylic acids is 1. The SMILES string of the molecule is Cc1ccc(N(C)C(=O)c2cnn(C)c2N)c(C)c1. The Bertz CT molecular complexity index is 630. The number of rotatable bonds is 2. The third-order valence-corrected chi connectivity index (χ3v) is 3.23. The number of hydrogen-bond acceptors (Lipinski definition) is 3. The van der Waals surface area contributed by atoms with Crippen LogP contribution in [0.3, 0.4) is 0 Å². The average Bonchev–Trinajstić information content (AvgIpc) is 2.68. The molecule has 5 nitrogen and oxygen atoms in total. The summed E-state index contributed by atoms with van der Waals surface area (Å²) in [6.45, 7) is 4.01. The molecule has 1 amide bonds. The Kier molecular flexibility index (Phi) is 3.29. The highest BCUT2D eigenvalue weighted by atomic mass is 16.2. The maximum atomic E-state index is 12.4. The number of anilines is 2. The molecule has 0 atom stereocenters. The minimum atomic E-state index is -0.155. The molecule has 2 rings (SSSR count). The van der Waals surface area contributed by atoms with E-state index in [1.54, 1.807) is 19.0 Å². The van der Waals surface area contributed by atoms with Crippen LogP contribution in [0.5, 0.6) is 0 Å². The molecular formula is C14H18N4O. The predicted molar refractivity (Wildman–Crippen MR) is 76.3 cm³/mol. The maximum Gasteiger partial charge on any atom is 0.263 e. The summed E-state index contributed by atoms with van der Waals surface area (Å²) in [4.78, 5) is 14.0. The first-order valence-electron chi connectivity index (χ1n) is 6.04. The van der Waals surface area contributed by atoms with Crippen LogP contribution in [0.25, 0.3) is 0 Å². The first-order chi connectivity index (χ1) is 8.91. The van der Waals surface area contributed by atoms with E-state index in [-0.39, 0.29) is 5.91 Å². The maximum absolute atomic E-state index is 12.4. The zero-order chi connectivity index (χ0) is 14.2. The van der Waals surface area contributed by atoms with Gasteiger partial charge in [-0.15, -0.1) is 0 Å². The molecule has 0 spiro atoms. The molecule has 0 aliphatic rings. The van der Waals surface area contributed by atoms with Crippen LogP contribution in [0.2, 0.25) is 0 Å². The number of aryl methyl sites for hydroxylation is 3. The topological polar surface area (TPSA) is 64.2 Å². The van der Waals surface area contributed by atoms with Gasteiger partial charge >= 0.3 is 0 Å². The first kappa shape index (κ1) is 13.1. The standard InChI is InChI=1S/C14H18N4O/c1-9-5-6-12(10(2)7-9)17(3)14(19)11-8-16-18(4)13(11)15/h5-8H,15H2,1-4H3. The minimum Gasteiger partial charge on any atom is -0.383 e. The van der Waals surface area contributed by atoms with Crippen LogP contribution in [0, 0.1) is 13.8 Å². The van der Waals surface area contributed by atoms with E-state index in [2.05, 4.69) is 5.10 Å². The zero-order valence-electron chi connectivity index (χ0n) is 11.6. The fourth-order valence-corrected chi connectivity index (χ4v) is 2.08. The lowest BCUT2D eigenvalue weighted by Crippen LogP contribution is -2.27. The average molecular weight is 258 g/mol. The van der Waals surface area contributed by atoms with Crippen LogP contribution >= 0.6 is 0 Å². The van der Waals surface area contributed by atoms with Crippen LogP contribution in [0.4, 0.5) is 11.5 Å². The molecule has 0 saturated heterocycles. The van der Waals surface area contributed by atoms with Crippen molar-refractivity contribution in [2.75, 3.05) is 17.7 Å².